The first-order valence-corrected chi connectivity index (χ1v) is 7.87. The third kappa shape index (κ3) is 3.38. The van der Waals surface area contributed by atoms with Crippen LogP contribution < -0.4 is 9.64 Å². The van der Waals surface area contributed by atoms with Gasteiger partial charge in [0.1, 0.15) is 23.5 Å². The fraction of sp³-hybridized carbons (Fsp3) is 0.278. The lowest BCUT2D eigenvalue weighted by Gasteiger charge is -2.35. The maximum absolute atomic E-state index is 13.5. The van der Waals surface area contributed by atoms with Crippen molar-refractivity contribution in [2.45, 2.75) is 0 Å². The average Bonchev–Trinajstić information content (AvgIpc) is 2.67. The summed E-state index contributed by atoms with van der Waals surface area (Å²) in [6, 6.07) is 9.48. The number of piperazine rings is 1. The Hall–Kier alpha value is -3.14. The van der Waals surface area contributed by atoms with Crippen molar-refractivity contribution in [1.82, 2.24) is 9.88 Å². The highest BCUT2D eigenvalue weighted by atomic mass is 19.1. The van der Waals surface area contributed by atoms with Crippen LogP contribution in [0.15, 0.2) is 36.5 Å². The summed E-state index contributed by atoms with van der Waals surface area (Å²) in [5, 5.41) is 9.19. The van der Waals surface area contributed by atoms with E-state index in [-0.39, 0.29) is 11.5 Å². The van der Waals surface area contributed by atoms with E-state index in [1.54, 1.807) is 23.2 Å². The lowest BCUT2D eigenvalue weighted by atomic mass is 10.1. The second kappa shape index (κ2) is 7.18. The Morgan fingerprint density at radius 2 is 2.04 bits per heavy atom. The summed E-state index contributed by atoms with van der Waals surface area (Å²) >= 11 is 0. The quantitative estimate of drug-likeness (QED) is 0.855. The van der Waals surface area contributed by atoms with Gasteiger partial charge in [-0.25, -0.2) is 9.37 Å². The van der Waals surface area contributed by atoms with Gasteiger partial charge in [-0.05, 0) is 30.3 Å². The van der Waals surface area contributed by atoms with Gasteiger partial charge in [0, 0.05) is 32.4 Å². The van der Waals surface area contributed by atoms with Crippen LogP contribution in [0.4, 0.5) is 10.2 Å². The topological polar surface area (TPSA) is 69.5 Å². The predicted octanol–water partition coefficient (Wildman–Crippen LogP) is 2.06. The molecule has 1 aliphatic rings. The molecule has 7 heteroatoms. The van der Waals surface area contributed by atoms with Crippen LogP contribution in [-0.2, 0) is 0 Å². The molecule has 0 aliphatic carbocycles. The summed E-state index contributed by atoms with van der Waals surface area (Å²) in [6.45, 7) is 2.02. The molecule has 2 aromatic rings. The fourth-order valence-electron chi connectivity index (χ4n) is 2.88. The zero-order valence-corrected chi connectivity index (χ0v) is 13.8. The third-order valence-corrected chi connectivity index (χ3v) is 4.17. The maximum Gasteiger partial charge on any atom is 0.257 e. The molecule has 0 bridgehead atoms. The Morgan fingerprint density at radius 1 is 1.28 bits per heavy atom. The van der Waals surface area contributed by atoms with Crippen LogP contribution in [0, 0.1) is 17.1 Å². The van der Waals surface area contributed by atoms with Gasteiger partial charge in [0.15, 0.2) is 0 Å². The summed E-state index contributed by atoms with van der Waals surface area (Å²) in [6.07, 6.45) is 1.64. The van der Waals surface area contributed by atoms with Gasteiger partial charge >= 0.3 is 0 Å². The van der Waals surface area contributed by atoms with Crippen LogP contribution in [-0.4, -0.2) is 49.1 Å². The van der Waals surface area contributed by atoms with Gasteiger partial charge in [0.25, 0.3) is 5.91 Å². The van der Waals surface area contributed by atoms with E-state index in [4.69, 9.17) is 4.74 Å². The maximum atomic E-state index is 13.5. The van der Waals surface area contributed by atoms with Gasteiger partial charge in [-0.15, -0.1) is 0 Å². The van der Waals surface area contributed by atoms with E-state index in [9.17, 15) is 14.4 Å². The number of aromatic nitrogens is 1. The Kier molecular flexibility index (Phi) is 4.80. The molecule has 1 saturated heterocycles. The molecular weight excluding hydrogens is 323 g/mol. The van der Waals surface area contributed by atoms with Crippen molar-refractivity contribution in [1.29, 1.82) is 5.26 Å². The molecule has 0 unspecified atom stereocenters. The van der Waals surface area contributed by atoms with Crippen molar-refractivity contribution in [3.05, 3.63) is 53.5 Å². The number of methoxy groups -OCH3 is 1. The number of hydrogen-bond acceptors (Lipinski definition) is 5. The van der Waals surface area contributed by atoms with Crippen molar-refractivity contribution >= 4 is 11.7 Å². The Labute approximate surface area is 145 Å². The number of nitrogens with zero attached hydrogens (tertiary/aromatic N) is 4. The van der Waals surface area contributed by atoms with Gasteiger partial charge in [-0.1, -0.05) is 0 Å². The summed E-state index contributed by atoms with van der Waals surface area (Å²) in [5.41, 5.74) is 0.723. The van der Waals surface area contributed by atoms with Crippen LogP contribution in [0.25, 0.3) is 0 Å². The molecule has 0 spiro atoms. The van der Waals surface area contributed by atoms with Crippen LogP contribution in [0.5, 0.6) is 5.75 Å². The largest absolute Gasteiger partial charge is 0.496 e. The molecule has 3 rings (SSSR count). The van der Waals surface area contributed by atoms with Crippen molar-refractivity contribution in [3.63, 3.8) is 0 Å². The summed E-state index contributed by atoms with van der Waals surface area (Å²) < 4.78 is 18.7. The van der Waals surface area contributed by atoms with E-state index in [1.807, 2.05) is 4.90 Å². The van der Waals surface area contributed by atoms with Crippen LogP contribution >= 0.6 is 0 Å². The number of rotatable bonds is 3. The standard InChI is InChI=1S/C18H17FN4O2/c1-25-16-5-4-14(19)11-15(16)18(24)23-9-7-22(8-10-23)17-13(12-20)3-2-6-21-17/h2-6,11H,7-10H2,1H3. The van der Waals surface area contributed by atoms with Crippen LogP contribution in [0.2, 0.25) is 0 Å². The van der Waals surface area contributed by atoms with Gasteiger partial charge < -0.3 is 14.5 Å². The molecule has 1 aromatic heterocycles. The van der Waals surface area contributed by atoms with E-state index < -0.39 is 5.82 Å². The van der Waals surface area contributed by atoms with Crippen molar-refractivity contribution in [2.75, 3.05) is 38.2 Å². The summed E-state index contributed by atoms with van der Waals surface area (Å²) in [5.74, 6) is 0.234. The Balaban J connectivity index is 1.73. The number of anilines is 1. The van der Waals surface area contributed by atoms with Crippen LogP contribution in [0.3, 0.4) is 0 Å². The van der Waals surface area contributed by atoms with Gasteiger partial charge in [0.05, 0.1) is 18.2 Å². The minimum absolute atomic E-state index is 0.214. The fourth-order valence-corrected chi connectivity index (χ4v) is 2.88. The van der Waals surface area contributed by atoms with Crippen molar-refractivity contribution in [2.24, 2.45) is 0 Å². The molecular formula is C18H17FN4O2. The first-order chi connectivity index (χ1) is 12.1. The van der Waals surface area contributed by atoms with Gasteiger partial charge in [-0.2, -0.15) is 5.26 Å². The minimum Gasteiger partial charge on any atom is -0.496 e. The molecule has 128 valence electrons. The molecule has 6 nitrogen and oxygen atoms in total. The van der Waals surface area contributed by atoms with Gasteiger partial charge in [-0.3, -0.25) is 4.79 Å². The molecule has 1 fully saturated rings. The molecule has 2 heterocycles. The molecule has 1 aliphatic heterocycles. The summed E-state index contributed by atoms with van der Waals surface area (Å²) in [4.78, 5) is 20.6. The highest BCUT2D eigenvalue weighted by Crippen LogP contribution is 2.23. The number of carbonyl (C=O) groups is 1. The normalized spacial score (nSPS) is 14.1. The number of pyridine rings is 1. The first kappa shape index (κ1) is 16.7. The number of benzene rings is 1. The van der Waals surface area contributed by atoms with Crippen molar-refractivity contribution < 1.29 is 13.9 Å². The molecule has 0 radical (unpaired) electrons. The van der Waals surface area contributed by atoms with E-state index in [2.05, 4.69) is 11.1 Å². The molecule has 1 amide bonds. The number of hydrogen-bond donors (Lipinski definition) is 0. The molecule has 25 heavy (non-hydrogen) atoms. The van der Waals surface area contributed by atoms with Crippen molar-refractivity contribution in [3.8, 4) is 11.8 Å². The smallest absolute Gasteiger partial charge is 0.257 e. The monoisotopic (exact) mass is 340 g/mol. The molecule has 0 N–H and O–H groups in total. The highest BCUT2D eigenvalue weighted by molar-refractivity contribution is 5.97. The number of amides is 1. The lowest BCUT2D eigenvalue weighted by molar-refractivity contribution is 0.0742. The minimum atomic E-state index is -0.477. The van der Waals surface area contributed by atoms with E-state index in [1.165, 1.54) is 25.3 Å². The second-order valence-electron chi connectivity index (χ2n) is 5.61. The van der Waals surface area contributed by atoms with E-state index in [0.29, 0.717) is 43.3 Å². The molecule has 1 aromatic carbocycles. The lowest BCUT2D eigenvalue weighted by Crippen LogP contribution is -2.49. The number of ether oxygens (including phenoxy) is 1. The zero-order valence-electron chi connectivity index (χ0n) is 13.8. The third-order valence-electron chi connectivity index (χ3n) is 4.17. The Bertz CT molecular complexity index is 826. The van der Waals surface area contributed by atoms with E-state index in [0.717, 1.165) is 0 Å². The molecule has 0 atom stereocenters. The molecule has 0 saturated carbocycles. The Morgan fingerprint density at radius 3 is 2.72 bits per heavy atom. The van der Waals surface area contributed by atoms with E-state index >= 15 is 0 Å². The highest BCUT2D eigenvalue weighted by Gasteiger charge is 2.26. The number of nitriles is 1. The first-order valence-electron chi connectivity index (χ1n) is 7.87. The SMILES string of the molecule is COc1ccc(F)cc1C(=O)N1CCN(c2ncccc2C#N)CC1. The van der Waals surface area contributed by atoms with Crippen LogP contribution in [0.1, 0.15) is 15.9 Å². The number of halogens is 1. The average molecular weight is 340 g/mol. The second-order valence-corrected chi connectivity index (χ2v) is 5.61. The van der Waals surface area contributed by atoms with Gasteiger partial charge in [0.2, 0.25) is 0 Å². The zero-order chi connectivity index (χ0) is 17.8. The number of carbonyl (C=O) groups excluding carboxylic acids is 1. The predicted molar refractivity (Wildman–Crippen MR) is 90.0 cm³/mol. The summed E-state index contributed by atoms with van der Waals surface area (Å²) in [7, 11) is 1.45.